The Kier molecular flexibility index (Phi) is 4.36. The summed E-state index contributed by atoms with van der Waals surface area (Å²) in [5, 5.41) is 3.37. The third kappa shape index (κ3) is 3.86. The second-order valence-corrected chi connectivity index (χ2v) is 5.38. The van der Waals surface area contributed by atoms with Crippen LogP contribution in [-0.4, -0.2) is 14.2 Å². The summed E-state index contributed by atoms with van der Waals surface area (Å²) in [6.07, 6.45) is 1.11. The van der Waals surface area contributed by atoms with E-state index in [4.69, 9.17) is 4.74 Å². The summed E-state index contributed by atoms with van der Waals surface area (Å²) >= 11 is 0. The largest absolute Gasteiger partial charge is 0.497 e. The summed E-state index contributed by atoms with van der Waals surface area (Å²) in [5.41, 5.74) is 1.60. The molecule has 0 amide bonds. The van der Waals surface area contributed by atoms with E-state index in [9.17, 15) is 0 Å². The van der Waals surface area contributed by atoms with Crippen LogP contribution in [0.2, 0.25) is 0 Å². The van der Waals surface area contributed by atoms with Crippen LogP contribution in [0, 0.1) is 5.41 Å². The van der Waals surface area contributed by atoms with Crippen LogP contribution in [-0.2, 0) is 0 Å². The standard InChI is InChI=1S/C14H23NO/c1-14(2,3)10-13(15-4)11-7-6-8-12(9-11)16-5/h6-9,13,15H,10H2,1-5H3. The van der Waals surface area contributed by atoms with Gasteiger partial charge in [-0.15, -0.1) is 0 Å². The van der Waals surface area contributed by atoms with Gasteiger partial charge in [-0.2, -0.15) is 0 Å². The maximum atomic E-state index is 5.25. The van der Waals surface area contributed by atoms with Crippen molar-refractivity contribution < 1.29 is 4.74 Å². The highest BCUT2D eigenvalue weighted by Crippen LogP contribution is 2.30. The van der Waals surface area contributed by atoms with Crippen LogP contribution in [0.15, 0.2) is 24.3 Å². The van der Waals surface area contributed by atoms with Crippen molar-refractivity contribution in [2.75, 3.05) is 14.2 Å². The zero-order valence-electron chi connectivity index (χ0n) is 11.0. The molecule has 0 fully saturated rings. The molecular formula is C14H23NO. The molecule has 1 N–H and O–H groups in total. The quantitative estimate of drug-likeness (QED) is 0.841. The Morgan fingerprint density at radius 3 is 2.50 bits per heavy atom. The molecule has 16 heavy (non-hydrogen) atoms. The number of benzene rings is 1. The molecular weight excluding hydrogens is 198 g/mol. The number of methoxy groups -OCH3 is 1. The van der Waals surface area contributed by atoms with Crippen molar-refractivity contribution in [3.8, 4) is 5.75 Å². The number of hydrogen-bond acceptors (Lipinski definition) is 2. The highest BCUT2D eigenvalue weighted by atomic mass is 16.5. The summed E-state index contributed by atoms with van der Waals surface area (Å²) in [6, 6.07) is 8.66. The van der Waals surface area contributed by atoms with Gasteiger partial charge in [0.1, 0.15) is 5.75 Å². The van der Waals surface area contributed by atoms with E-state index in [1.165, 1.54) is 5.56 Å². The molecule has 2 heteroatoms. The van der Waals surface area contributed by atoms with Gasteiger partial charge >= 0.3 is 0 Å². The molecule has 0 spiro atoms. The molecule has 2 nitrogen and oxygen atoms in total. The highest BCUT2D eigenvalue weighted by molar-refractivity contribution is 5.30. The predicted molar refractivity (Wildman–Crippen MR) is 68.9 cm³/mol. The first-order chi connectivity index (χ1) is 7.46. The van der Waals surface area contributed by atoms with Gasteiger partial charge in [0.15, 0.2) is 0 Å². The lowest BCUT2D eigenvalue weighted by molar-refractivity contribution is 0.320. The molecule has 0 saturated heterocycles. The second kappa shape index (κ2) is 5.35. The molecule has 0 aliphatic rings. The van der Waals surface area contributed by atoms with Gasteiger partial charge in [0, 0.05) is 6.04 Å². The van der Waals surface area contributed by atoms with Crippen LogP contribution in [0.25, 0.3) is 0 Å². The van der Waals surface area contributed by atoms with E-state index >= 15 is 0 Å². The van der Waals surface area contributed by atoms with Crippen molar-refractivity contribution in [3.63, 3.8) is 0 Å². The van der Waals surface area contributed by atoms with E-state index in [0.29, 0.717) is 11.5 Å². The Labute approximate surface area is 99.0 Å². The molecule has 0 bridgehead atoms. The number of rotatable bonds is 4. The van der Waals surface area contributed by atoms with Gasteiger partial charge in [0.25, 0.3) is 0 Å². The van der Waals surface area contributed by atoms with Crippen LogP contribution in [0.4, 0.5) is 0 Å². The van der Waals surface area contributed by atoms with Crippen molar-refractivity contribution in [2.45, 2.75) is 33.2 Å². The molecule has 1 rings (SSSR count). The minimum absolute atomic E-state index is 0.316. The zero-order chi connectivity index (χ0) is 12.2. The molecule has 1 aromatic rings. The van der Waals surface area contributed by atoms with Crippen LogP contribution in [0.5, 0.6) is 5.75 Å². The van der Waals surface area contributed by atoms with E-state index in [0.717, 1.165) is 12.2 Å². The number of ether oxygens (including phenoxy) is 1. The lowest BCUT2D eigenvalue weighted by atomic mass is 9.85. The van der Waals surface area contributed by atoms with Crippen LogP contribution in [0.1, 0.15) is 38.8 Å². The summed E-state index contributed by atoms with van der Waals surface area (Å²) < 4.78 is 5.25. The minimum Gasteiger partial charge on any atom is -0.497 e. The maximum absolute atomic E-state index is 5.25. The normalized spacial score (nSPS) is 13.6. The van der Waals surface area contributed by atoms with Gasteiger partial charge in [-0.25, -0.2) is 0 Å². The van der Waals surface area contributed by atoms with Crippen molar-refractivity contribution in [1.82, 2.24) is 5.32 Å². The molecule has 0 saturated carbocycles. The zero-order valence-corrected chi connectivity index (χ0v) is 11.0. The van der Waals surface area contributed by atoms with Crippen LogP contribution in [0.3, 0.4) is 0 Å². The minimum atomic E-state index is 0.316. The maximum Gasteiger partial charge on any atom is 0.119 e. The molecule has 1 atom stereocenters. The van der Waals surface area contributed by atoms with E-state index in [2.05, 4.69) is 38.2 Å². The van der Waals surface area contributed by atoms with Crippen LogP contribution < -0.4 is 10.1 Å². The van der Waals surface area contributed by atoms with E-state index < -0.39 is 0 Å². The molecule has 90 valence electrons. The van der Waals surface area contributed by atoms with Crippen molar-refractivity contribution in [3.05, 3.63) is 29.8 Å². The first-order valence-corrected chi connectivity index (χ1v) is 5.77. The molecule has 0 radical (unpaired) electrons. The average molecular weight is 221 g/mol. The predicted octanol–water partition coefficient (Wildman–Crippen LogP) is 3.39. The Bertz CT molecular complexity index is 328. The first kappa shape index (κ1) is 13.0. The fourth-order valence-electron chi connectivity index (χ4n) is 1.86. The topological polar surface area (TPSA) is 21.3 Å². The van der Waals surface area contributed by atoms with Crippen molar-refractivity contribution in [1.29, 1.82) is 0 Å². The fraction of sp³-hybridized carbons (Fsp3) is 0.571. The lowest BCUT2D eigenvalue weighted by Crippen LogP contribution is -2.22. The monoisotopic (exact) mass is 221 g/mol. The molecule has 1 unspecified atom stereocenters. The Hall–Kier alpha value is -1.02. The highest BCUT2D eigenvalue weighted by Gasteiger charge is 2.18. The number of nitrogens with one attached hydrogen (secondary N) is 1. The van der Waals surface area contributed by atoms with E-state index in [-0.39, 0.29) is 0 Å². The van der Waals surface area contributed by atoms with E-state index in [1.807, 2.05) is 19.2 Å². The number of hydrogen-bond donors (Lipinski definition) is 1. The summed E-state index contributed by atoms with van der Waals surface area (Å²) in [5.74, 6) is 0.923. The molecule has 1 aromatic carbocycles. The van der Waals surface area contributed by atoms with Gasteiger partial charge in [0.2, 0.25) is 0 Å². The smallest absolute Gasteiger partial charge is 0.119 e. The molecule has 0 aromatic heterocycles. The van der Waals surface area contributed by atoms with Crippen molar-refractivity contribution >= 4 is 0 Å². The fourth-order valence-corrected chi connectivity index (χ4v) is 1.86. The van der Waals surface area contributed by atoms with Gasteiger partial charge in [-0.1, -0.05) is 32.9 Å². The molecule has 0 heterocycles. The Balaban J connectivity index is 2.86. The lowest BCUT2D eigenvalue weighted by Gasteiger charge is -2.26. The SMILES string of the molecule is CNC(CC(C)(C)C)c1cccc(OC)c1. The third-order valence-electron chi connectivity index (χ3n) is 2.66. The van der Waals surface area contributed by atoms with Gasteiger partial charge in [-0.3, -0.25) is 0 Å². The molecule has 0 aliphatic carbocycles. The molecule has 0 aliphatic heterocycles. The van der Waals surface area contributed by atoms with Gasteiger partial charge < -0.3 is 10.1 Å². The summed E-state index contributed by atoms with van der Waals surface area (Å²) in [6.45, 7) is 6.78. The summed E-state index contributed by atoms with van der Waals surface area (Å²) in [7, 11) is 3.72. The van der Waals surface area contributed by atoms with E-state index in [1.54, 1.807) is 7.11 Å². The van der Waals surface area contributed by atoms with Gasteiger partial charge in [-0.05, 0) is 36.6 Å². The van der Waals surface area contributed by atoms with Crippen molar-refractivity contribution in [2.24, 2.45) is 5.41 Å². The Morgan fingerprint density at radius 1 is 1.31 bits per heavy atom. The summed E-state index contributed by atoms with van der Waals surface area (Å²) in [4.78, 5) is 0. The Morgan fingerprint density at radius 2 is 2.00 bits per heavy atom. The average Bonchev–Trinajstić information content (AvgIpc) is 2.25. The van der Waals surface area contributed by atoms with Gasteiger partial charge in [0.05, 0.1) is 7.11 Å². The second-order valence-electron chi connectivity index (χ2n) is 5.38. The van der Waals surface area contributed by atoms with Crippen LogP contribution >= 0.6 is 0 Å². The first-order valence-electron chi connectivity index (χ1n) is 5.77. The third-order valence-corrected chi connectivity index (χ3v) is 2.66.